The fourth-order valence-corrected chi connectivity index (χ4v) is 2.47. The lowest BCUT2D eigenvalue weighted by molar-refractivity contribution is 0.0290. The molecule has 1 aliphatic rings. The molecule has 0 saturated carbocycles. The van der Waals surface area contributed by atoms with Gasteiger partial charge in [0.2, 0.25) is 0 Å². The number of ether oxygens (including phenoxy) is 2. The van der Waals surface area contributed by atoms with Gasteiger partial charge in [0.1, 0.15) is 18.0 Å². The van der Waals surface area contributed by atoms with Gasteiger partial charge in [0.05, 0.1) is 6.26 Å². The fraction of sp³-hybridized carbons (Fsp3) is 0.706. The summed E-state index contributed by atoms with van der Waals surface area (Å²) in [7, 11) is 0. The SMILES string of the molecule is CC(C)(C)OC(=O)N1CCC(NCCCOCc2ccco2)C1. The van der Waals surface area contributed by atoms with Gasteiger partial charge in [0.25, 0.3) is 0 Å². The van der Waals surface area contributed by atoms with Crippen LogP contribution < -0.4 is 5.32 Å². The summed E-state index contributed by atoms with van der Waals surface area (Å²) in [6, 6.07) is 4.10. The summed E-state index contributed by atoms with van der Waals surface area (Å²) in [6.45, 7) is 9.21. The number of furan rings is 1. The Morgan fingerprint density at radius 1 is 1.48 bits per heavy atom. The molecule has 0 bridgehead atoms. The maximum atomic E-state index is 12.0. The van der Waals surface area contributed by atoms with Crippen LogP contribution in [0.3, 0.4) is 0 Å². The second kappa shape index (κ2) is 8.36. The van der Waals surface area contributed by atoms with E-state index in [1.54, 1.807) is 11.2 Å². The van der Waals surface area contributed by atoms with Gasteiger partial charge in [-0.15, -0.1) is 0 Å². The van der Waals surface area contributed by atoms with E-state index in [1.165, 1.54) is 0 Å². The van der Waals surface area contributed by atoms with Gasteiger partial charge in [-0.25, -0.2) is 4.79 Å². The van der Waals surface area contributed by atoms with Gasteiger partial charge in [0, 0.05) is 25.7 Å². The number of nitrogens with zero attached hydrogens (tertiary/aromatic N) is 1. The summed E-state index contributed by atoms with van der Waals surface area (Å²) in [6.07, 6.45) is 3.33. The number of carbonyl (C=O) groups excluding carboxylic acids is 1. The Hall–Kier alpha value is -1.53. The number of rotatable bonds is 7. The fourth-order valence-electron chi connectivity index (χ4n) is 2.47. The molecule has 1 N–H and O–H groups in total. The smallest absolute Gasteiger partial charge is 0.410 e. The largest absolute Gasteiger partial charge is 0.467 e. The highest BCUT2D eigenvalue weighted by atomic mass is 16.6. The predicted octanol–water partition coefficient (Wildman–Crippen LogP) is 2.79. The Morgan fingerprint density at radius 3 is 3.00 bits per heavy atom. The van der Waals surface area contributed by atoms with Crippen molar-refractivity contribution in [1.29, 1.82) is 0 Å². The van der Waals surface area contributed by atoms with Crippen molar-refractivity contribution in [1.82, 2.24) is 10.2 Å². The predicted molar refractivity (Wildman–Crippen MR) is 87.2 cm³/mol. The molecule has 0 aromatic carbocycles. The molecule has 1 aromatic rings. The maximum Gasteiger partial charge on any atom is 0.410 e. The van der Waals surface area contributed by atoms with E-state index >= 15 is 0 Å². The molecule has 1 unspecified atom stereocenters. The molecule has 1 amide bonds. The highest BCUT2D eigenvalue weighted by Gasteiger charge is 2.29. The molecule has 1 aliphatic heterocycles. The van der Waals surface area contributed by atoms with Gasteiger partial charge < -0.3 is 24.1 Å². The standard InChI is InChI=1S/C17H28N2O4/c1-17(2,3)23-16(20)19-9-7-14(12-19)18-8-5-10-21-13-15-6-4-11-22-15/h4,6,11,14,18H,5,7-10,12-13H2,1-3H3. The molecule has 0 spiro atoms. The van der Waals surface area contributed by atoms with E-state index in [2.05, 4.69) is 5.32 Å². The number of hydrogen-bond acceptors (Lipinski definition) is 5. The van der Waals surface area contributed by atoms with E-state index in [0.717, 1.165) is 31.7 Å². The quantitative estimate of drug-likeness (QED) is 0.781. The topological polar surface area (TPSA) is 63.9 Å². The van der Waals surface area contributed by atoms with E-state index in [4.69, 9.17) is 13.9 Å². The van der Waals surface area contributed by atoms with Gasteiger partial charge in [-0.2, -0.15) is 0 Å². The van der Waals surface area contributed by atoms with E-state index in [0.29, 0.717) is 25.8 Å². The lowest BCUT2D eigenvalue weighted by Gasteiger charge is -2.24. The highest BCUT2D eigenvalue weighted by Crippen LogP contribution is 2.15. The Kier molecular flexibility index (Phi) is 6.47. The molecule has 2 heterocycles. The monoisotopic (exact) mass is 324 g/mol. The van der Waals surface area contributed by atoms with Crippen LogP contribution in [0.25, 0.3) is 0 Å². The lowest BCUT2D eigenvalue weighted by Crippen LogP contribution is -2.38. The Bertz CT molecular complexity index is 467. The zero-order valence-corrected chi connectivity index (χ0v) is 14.3. The zero-order chi connectivity index (χ0) is 16.7. The minimum Gasteiger partial charge on any atom is -0.467 e. The molecule has 130 valence electrons. The van der Waals surface area contributed by atoms with Crippen LogP contribution in [0.4, 0.5) is 4.79 Å². The lowest BCUT2D eigenvalue weighted by atomic mass is 10.2. The Labute approximate surface area is 138 Å². The minimum atomic E-state index is -0.437. The van der Waals surface area contributed by atoms with Crippen LogP contribution in [0.1, 0.15) is 39.4 Å². The third kappa shape index (κ3) is 6.62. The average molecular weight is 324 g/mol. The molecule has 6 heteroatoms. The first-order valence-electron chi connectivity index (χ1n) is 8.25. The van der Waals surface area contributed by atoms with Crippen molar-refractivity contribution >= 4 is 6.09 Å². The summed E-state index contributed by atoms with van der Waals surface area (Å²) in [5.41, 5.74) is -0.437. The molecule has 0 radical (unpaired) electrons. The molecule has 2 rings (SSSR count). The van der Waals surface area contributed by atoms with Gasteiger partial charge in [-0.05, 0) is 52.3 Å². The molecule has 23 heavy (non-hydrogen) atoms. The first kappa shape index (κ1) is 17.8. The summed E-state index contributed by atoms with van der Waals surface area (Å²) >= 11 is 0. The molecule has 1 fully saturated rings. The summed E-state index contributed by atoms with van der Waals surface area (Å²) in [5.74, 6) is 0.849. The van der Waals surface area contributed by atoms with Crippen molar-refractivity contribution in [3.05, 3.63) is 24.2 Å². The van der Waals surface area contributed by atoms with E-state index in [1.807, 2.05) is 32.9 Å². The molecular weight excluding hydrogens is 296 g/mol. The van der Waals surface area contributed by atoms with Crippen LogP contribution in [0.5, 0.6) is 0 Å². The van der Waals surface area contributed by atoms with Crippen molar-refractivity contribution < 1.29 is 18.7 Å². The third-order valence-electron chi connectivity index (χ3n) is 3.56. The average Bonchev–Trinajstić information content (AvgIpc) is 3.12. The summed E-state index contributed by atoms with van der Waals surface area (Å²) in [4.78, 5) is 13.8. The molecule has 1 aromatic heterocycles. The molecular formula is C17H28N2O4. The summed E-state index contributed by atoms with van der Waals surface area (Å²) < 4.78 is 16.1. The first-order valence-corrected chi connectivity index (χ1v) is 8.25. The number of likely N-dealkylation sites (tertiary alicyclic amines) is 1. The van der Waals surface area contributed by atoms with Crippen molar-refractivity contribution in [2.45, 2.75) is 51.9 Å². The zero-order valence-electron chi connectivity index (χ0n) is 14.3. The van der Waals surface area contributed by atoms with Crippen molar-refractivity contribution in [2.24, 2.45) is 0 Å². The van der Waals surface area contributed by atoms with Gasteiger partial charge in [-0.1, -0.05) is 0 Å². The van der Waals surface area contributed by atoms with Gasteiger partial charge in [-0.3, -0.25) is 0 Å². The van der Waals surface area contributed by atoms with Crippen LogP contribution >= 0.6 is 0 Å². The first-order chi connectivity index (χ1) is 10.9. The highest BCUT2D eigenvalue weighted by molar-refractivity contribution is 5.68. The van der Waals surface area contributed by atoms with Crippen molar-refractivity contribution in [2.75, 3.05) is 26.2 Å². The second-order valence-electron chi connectivity index (χ2n) is 6.85. The third-order valence-corrected chi connectivity index (χ3v) is 3.56. The Balaban J connectivity index is 1.53. The van der Waals surface area contributed by atoms with Gasteiger partial charge >= 0.3 is 6.09 Å². The molecule has 1 saturated heterocycles. The van der Waals surface area contributed by atoms with E-state index in [-0.39, 0.29) is 6.09 Å². The second-order valence-corrected chi connectivity index (χ2v) is 6.85. The van der Waals surface area contributed by atoms with Crippen molar-refractivity contribution in [3.63, 3.8) is 0 Å². The minimum absolute atomic E-state index is 0.219. The summed E-state index contributed by atoms with van der Waals surface area (Å²) in [5, 5.41) is 3.47. The van der Waals surface area contributed by atoms with Crippen LogP contribution in [0.2, 0.25) is 0 Å². The van der Waals surface area contributed by atoms with Gasteiger partial charge in [0.15, 0.2) is 0 Å². The van der Waals surface area contributed by atoms with E-state index < -0.39 is 5.60 Å². The van der Waals surface area contributed by atoms with Crippen LogP contribution in [0.15, 0.2) is 22.8 Å². The molecule has 6 nitrogen and oxygen atoms in total. The molecule has 0 aliphatic carbocycles. The molecule has 1 atom stereocenters. The number of carbonyl (C=O) groups is 1. The van der Waals surface area contributed by atoms with E-state index in [9.17, 15) is 4.79 Å². The maximum absolute atomic E-state index is 12.0. The number of nitrogens with one attached hydrogen (secondary N) is 1. The van der Waals surface area contributed by atoms with Crippen LogP contribution in [0, 0.1) is 0 Å². The van der Waals surface area contributed by atoms with Crippen molar-refractivity contribution in [3.8, 4) is 0 Å². The number of hydrogen-bond donors (Lipinski definition) is 1. The normalized spacial score (nSPS) is 18.4. The Morgan fingerprint density at radius 2 is 2.30 bits per heavy atom. The van der Waals surface area contributed by atoms with Crippen LogP contribution in [-0.4, -0.2) is 48.9 Å². The van der Waals surface area contributed by atoms with Crippen LogP contribution in [-0.2, 0) is 16.1 Å². The number of amides is 1.